The Morgan fingerprint density at radius 1 is 1.17 bits per heavy atom. The zero-order valence-corrected chi connectivity index (χ0v) is 13.8. The molecule has 2 N–H and O–H groups in total. The monoisotopic (exact) mass is 318 g/mol. The third-order valence-electron chi connectivity index (χ3n) is 4.19. The Labute approximate surface area is 137 Å². The number of ether oxygens (including phenoxy) is 1. The van der Waals surface area contributed by atoms with Crippen molar-refractivity contribution in [3.8, 4) is 0 Å². The fourth-order valence-electron chi connectivity index (χ4n) is 2.92. The molecule has 2 rings (SSSR count). The van der Waals surface area contributed by atoms with Gasteiger partial charge in [0.25, 0.3) is 0 Å². The summed E-state index contributed by atoms with van der Waals surface area (Å²) >= 11 is 0. The van der Waals surface area contributed by atoms with Crippen LogP contribution in [0.3, 0.4) is 0 Å². The highest BCUT2D eigenvalue weighted by Gasteiger charge is 2.14. The molecule has 1 fully saturated rings. The molecule has 126 valence electrons. The largest absolute Gasteiger partial charge is 0.465 e. The Morgan fingerprint density at radius 2 is 1.91 bits per heavy atom. The van der Waals surface area contributed by atoms with E-state index in [0.717, 1.165) is 18.5 Å². The number of hydrogen-bond donors (Lipinski definition) is 2. The first-order valence-corrected chi connectivity index (χ1v) is 8.40. The molecule has 23 heavy (non-hydrogen) atoms. The van der Waals surface area contributed by atoms with Gasteiger partial charge < -0.3 is 15.4 Å². The average Bonchev–Trinajstić information content (AvgIpc) is 2.83. The van der Waals surface area contributed by atoms with E-state index in [1.807, 2.05) is 6.07 Å². The van der Waals surface area contributed by atoms with E-state index in [-0.39, 0.29) is 11.9 Å². The minimum Gasteiger partial charge on any atom is -0.465 e. The molecule has 0 aliphatic heterocycles. The molecular weight excluding hydrogens is 292 g/mol. The summed E-state index contributed by atoms with van der Waals surface area (Å²) in [6.45, 7) is 0.545. The summed E-state index contributed by atoms with van der Waals surface area (Å²) in [6, 6.07) is 7.44. The molecule has 1 amide bonds. The summed E-state index contributed by atoms with van der Waals surface area (Å²) in [6.07, 6.45) is 7.61. The van der Waals surface area contributed by atoms with Gasteiger partial charge in [-0.05, 0) is 31.0 Å². The maximum absolute atomic E-state index is 12.0. The molecule has 0 spiro atoms. The van der Waals surface area contributed by atoms with E-state index in [1.54, 1.807) is 18.2 Å². The lowest BCUT2D eigenvalue weighted by atomic mass is 10.1. The lowest BCUT2D eigenvalue weighted by Crippen LogP contribution is -2.35. The van der Waals surface area contributed by atoms with Gasteiger partial charge in [0.15, 0.2) is 0 Å². The predicted molar refractivity (Wildman–Crippen MR) is 90.5 cm³/mol. The Balaban J connectivity index is 1.73. The van der Waals surface area contributed by atoms with Crippen LogP contribution in [0.5, 0.6) is 0 Å². The first kappa shape index (κ1) is 17.3. The van der Waals surface area contributed by atoms with E-state index in [4.69, 9.17) is 4.74 Å². The van der Waals surface area contributed by atoms with Gasteiger partial charge in [-0.15, -0.1) is 0 Å². The molecular formula is C18H26N2O3. The molecule has 0 aromatic heterocycles. The molecule has 0 saturated heterocycles. The summed E-state index contributed by atoms with van der Waals surface area (Å²) in [4.78, 5) is 23.5. The number of methoxy groups -OCH3 is 1. The highest BCUT2D eigenvalue weighted by molar-refractivity contribution is 5.90. The summed E-state index contributed by atoms with van der Waals surface area (Å²) in [5.74, 6) is -0.270. The number of benzene rings is 1. The molecule has 1 saturated carbocycles. The molecule has 0 bridgehead atoms. The third kappa shape index (κ3) is 5.93. The number of rotatable bonds is 6. The van der Waals surface area contributed by atoms with E-state index >= 15 is 0 Å². The quantitative estimate of drug-likeness (QED) is 0.625. The van der Waals surface area contributed by atoms with Crippen LogP contribution in [0.4, 0.5) is 5.69 Å². The number of nitrogens with one attached hydrogen (secondary N) is 2. The van der Waals surface area contributed by atoms with Crippen LogP contribution in [0.15, 0.2) is 24.3 Å². The Hall–Kier alpha value is -2.04. The topological polar surface area (TPSA) is 67.4 Å². The molecule has 0 atom stereocenters. The molecule has 0 radical (unpaired) electrons. The van der Waals surface area contributed by atoms with Crippen LogP contribution in [0.25, 0.3) is 0 Å². The lowest BCUT2D eigenvalue weighted by Gasteiger charge is -2.16. The third-order valence-corrected chi connectivity index (χ3v) is 4.19. The molecule has 1 aliphatic carbocycles. The van der Waals surface area contributed by atoms with Crippen LogP contribution in [-0.2, 0) is 9.53 Å². The van der Waals surface area contributed by atoms with Crippen LogP contribution in [-0.4, -0.2) is 31.6 Å². The van der Waals surface area contributed by atoms with Gasteiger partial charge >= 0.3 is 5.97 Å². The Morgan fingerprint density at radius 3 is 2.61 bits per heavy atom. The molecule has 0 heterocycles. The van der Waals surface area contributed by atoms with Gasteiger partial charge in [-0.2, -0.15) is 0 Å². The van der Waals surface area contributed by atoms with Crippen molar-refractivity contribution in [1.82, 2.24) is 5.32 Å². The van der Waals surface area contributed by atoms with Crippen molar-refractivity contribution in [2.24, 2.45) is 0 Å². The highest BCUT2D eigenvalue weighted by Crippen LogP contribution is 2.17. The fourth-order valence-corrected chi connectivity index (χ4v) is 2.92. The van der Waals surface area contributed by atoms with E-state index in [9.17, 15) is 9.59 Å². The van der Waals surface area contributed by atoms with Crippen LogP contribution in [0.1, 0.15) is 55.3 Å². The standard InChI is InChI=1S/C18H26N2O3/c1-23-18(22)14-7-6-10-16(13-14)19-12-11-17(21)20-15-8-4-2-3-5-9-15/h6-7,10,13,15,19H,2-5,8-9,11-12H2,1H3,(H,20,21). The van der Waals surface area contributed by atoms with Crippen molar-refractivity contribution >= 4 is 17.6 Å². The second-order valence-electron chi connectivity index (χ2n) is 6.01. The second kappa shape index (κ2) is 9.18. The number of amides is 1. The highest BCUT2D eigenvalue weighted by atomic mass is 16.5. The van der Waals surface area contributed by atoms with Gasteiger partial charge in [0.05, 0.1) is 12.7 Å². The zero-order valence-electron chi connectivity index (χ0n) is 13.8. The van der Waals surface area contributed by atoms with Gasteiger partial charge in [-0.1, -0.05) is 31.7 Å². The fraction of sp³-hybridized carbons (Fsp3) is 0.556. The first-order valence-electron chi connectivity index (χ1n) is 8.40. The van der Waals surface area contributed by atoms with Crippen molar-refractivity contribution in [3.05, 3.63) is 29.8 Å². The molecule has 1 aromatic carbocycles. The Bertz CT molecular complexity index is 523. The molecule has 5 nitrogen and oxygen atoms in total. The van der Waals surface area contributed by atoms with Gasteiger partial charge in [0.1, 0.15) is 0 Å². The first-order chi connectivity index (χ1) is 11.2. The summed E-state index contributed by atoms with van der Waals surface area (Å²) < 4.78 is 4.70. The van der Waals surface area contributed by atoms with Gasteiger partial charge in [0, 0.05) is 24.7 Å². The van der Waals surface area contributed by atoms with Crippen molar-refractivity contribution in [3.63, 3.8) is 0 Å². The van der Waals surface area contributed by atoms with E-state index in [1.165, 1.54) is 32.8 Å². The van der Waals surface area contributed by atoms with Crippen molar-refractivity contribution < 1.29 is 14.3 Å². The number of esters is 1. The molecule has 1 aromatic rings. The SMILES string of the molecule is COC(=O)c1cccc(NCCC(=O)NC2CCCCCC2)c1. The number of hydrogen-bond acceptors (Lipinski definition) is 4. The molecule has 1 aliphatic rings. The lowest BCUT2D eigenvalue weighted by molar-refractivity contribution is -0.121. The van der Waals surface area contributed by atoms with Crippen molar-refractivity contribution in [2.45, 2.75) is 51.0 Å². The van der Waals surface area contributed by atoms with Crippen LogP contribution < -0.4 is 10.6 Å². The summed E-state index contributed by atoms with van der Waals surface area (Å²) in [7, 11) is 1.36. The van der Waals surface area contributed by atoms with E-state index in [0.29, 0.717) is 24.6 Å². The minimum atomic E-state index is -0.361. The molecule has 0 unspecified atom stereocenters. The summed E-state index contributed by atoms with van der Waals surface area (Å²) in [5, 5.41) is 6.31. The predicted octanol–water partition coefficient (Wildman–Crippen LogP) is 3.11. The summed E-state index contributed by atoms with van der Waals surface area (Å²) in [5.41, 5.74) is 1.32. The average molecular weight is 318 g/mol. The van der Waals surface area contributed by atoms with Crippen molar-refractivity contribution in [2.75, 3.05) is 19.0 Å². The molecule has 5 heteroatoms. The second-order valence-corrected chi connectivity index (χ2v) is 6.01. The maximum atomic E-state index is 12.0. The van der Waals surface area contributed by atoms with Gasteiger partial charge in [-0.25, -0.2) is 4.79 Å². The normalized spacial score (nSPS) is 15.5. The van der Waals surface area contributed by atoms with E-state index in [2.05, 4.69) is 10.6 Å². The number of carbonyl (C=O) groups excluding carboxylic acids is 2. The van der Waals surface area contributed by atoms with Crippen LogP contribution in [0.2, 0.25) is 0 Å². The number of anilines is 1. The Kier molecular flexibility index (Phi) is 6.91. The zero-order chi connectivity index (χ0) is 16.5. The smallest absolute Gasteiger partial charge is 0.337 e. The van der Waals surface area contributed by atoms with Crippen molar-refractivity contribution in [1.29, 1.82) is 0 Å². The van der Waals surface area contributed by atoms with Crippen LogP contribution >= 0.6 is 0 Å². The van der Waals surface area contributed by atoms with Gasteiger partial charge in [0.2, 0.25) is 5.91 Å². The van der Waals surface area contributed by atoms with E-state index < -0.39 is 0 Å². The minimum absolute atomic E-state index is 0.0912. The van der Waals surface area contributed by atoms with Gasteiger partial charge in [-0.3, -0.25) is 4.79 Å². The maximum Gasteiger partial charge on any atom is 0.337 e. The number of carbonyl (C=O) groups is 2. The van der Waals surface area contributed by atoms with Crippen LogP contribution in [0, 0.1) is 0 Å².